The number of hydrogen-bond donors (Lipinski definition) is 1. The van der Waals surface area contributed by atoms with Crippen LogP contribution < -0.4 is 4.90 Å². The number of H-pyrrole nitrogens is 1. The molecular weight excluding hydrogens is 400 g/mol. The number of hydrogen-bond acceptors (Lipinski definition) is 5. The lowest BCUT2D eigenvalue weighted by Gasteiger charge is -2.40. The summed E-state index contributed by atoms with van der Waals surface area (Å²) in [6, 6.07) is 4.22. The number of allylic oxidation sites excluding steroid dienone is 1. The third-order valence-electron chi connectivity index (χ3n) is 6.62. The first-order valence-electron chi connectivity index (χ1n) is 12.0. The standard InChI is InChI=1S/C22H28N6O.C3H8/c1-16(2)22(7-4-3-5-8-22)18-14-20(27-10-12-29-13-11-27)25-21-17(18)15-24-28(21)19-6-9-23-26-19;1-3-2/h6,9,14-15H,1,3-5,7-8,10-13H2,2H3,(H,23,26);3H2,1-2H3. The van der Waals surface area contributed by atoms with E-state index in [4.69, 9.17) is 9.72 Å². The number of aromatic nitrogens is 5. The number of fused-ring (bicyclic) bond motifs is 1. The highest BCUT2D eigenvalue weighted by Crippen LogP contribution is 2.47. The zero-order chi connectivity index (χ0) is 22.6. The van der Waals surface area contributed by atoms with Crippen molar-refractivity contribution in [3.8, 4) is 5.82 Å². The highest BCUT2D eigenvalue weighted by Gasteiger charge is 2.37. The fourth-order valence-corrected chi connectivity index (χ4v) is 4.96. The largest absolute Gasteiger partial charge is 0.378 e. The van der Waals surface area contributed by atoms with Gasteiger partial charge in [-0.25, -0.2) is 4.98 Å². The smallest absolute Gasteiger partial charge is 0.167 e. The van der Waals surface area contributed by atoms with Gasteiger partial charge >= 0.3 is 0 Å². The Kier molecular flexibility index (Phi) is 6.94. The molecule has 1 aliphatic heterocycles. The minimum Gasteiger partial charge on any atom is -0.378 e. The van der Waals surface area contributed by atoms with Gasteiger partial charge in [-0.2, -0.15) is 14.9 Å². The Labute approximate surface area is 190 Å². The van der Waals surface area contributed by atoms with E-state index in [9.17, 15) is 0 Å². The molecule has 2 fully saturated rings. The summed E-state index contributed by atoms with van der Waals surface area (Å²) in [5.41, 5.74) is 3.43. The molecule has 2 aliphatic rings. The number of rotatable bonds is 4. The first-order chi connectivity index (χ1) is 15.6. The van der Waals surface area contributed by atoms with Crippen LogP contribution in [0.1, 0.15) is 64.9 Å². The van der Waals surface area contributed by atoms with Gasteiger partial charge in [-0.1, -0.05) is 51.7 Å². The minimum absolute atomic E-state index is 0.0116. The summed E-state index contributed by atoms with van der Waals surface area (Å²) in [6.07, 6.45) is 11.0. The van der Waals surface area contributed by atoms with Crippen molar-refractivity contribution in [1.29, 1.82) is 0 Å². The normalized spacial score (nSPS) is 18.3. The van der Waals surface area contributed by atoms with E-state index in [1.54, 1.807) is 6.20 Å². The van der Waals surface area contributed by atoms with Crippen molar-refractivity contribution >= 4 is 16.9 Å². The van der Waals surface area contributed by atoms with Crippen LogP contribution in [0.25, 0.3) is 16.9 Å². The Hall–Kier alpha value is -2.67. The second-order valence-electron chi connectivity index (χ2n) is 8.99. The summed E-state index contributed by atoms with van der Waals surface area (Å²) in [5, 5.41) is 12.9. The van der Waals surface area contributed by atoms with Crippen molar-refractivity contribution in [1.82, 2.24) is 25.0 Å². The van der Waals surface area contributed by atoms with E-state index in [1.165, 1.54) is 36.8 Å². The third kappa shape index (κ3) is 4.18. The summed E-state index contributed by atoms with van der Waals surface area (Å²) >= 11 is 0. The molecule has 0 amide bonds. The van der Waals surface area contributed by atoms with Crippen LogP contribution in [-0.4, -0.2) is 51.3 Å². The lowest BCUT2D eigenvalue weighted by atomic mass is 9.65. The SMILES string of the molecule is C=C(C)C1(c2cc(N3CCOCC3)nc3c2cnn3-c2ccn[nH]2)CCCCC1.CCC. The quantitative estimate of drug-likeness (QED) is 0.571. The number of nitrogens with one attached hydrogen (secondary N) is 1. The van der Waals surface area contributed by atoms with Gasteiger partial charge in [0.05, 0.1) is 25.6 Å². The maximum absolute atomic E-state index is 5.57. The number of anilines is 1. The molecule has 0 atom stereocenters. The number of morpholine rings is 1. The molecule has 0 unspecified atom stereocenters. The van der Waals surface area contributed by atoms with Crippen LogP contribution in [0.4, 0.5) is 5.82 Å². The third-order valence-corrected chi connectivity index (χ3v) is 6.62. The van der Waals surface area contributed by atoms with E-state index >= 15 is 0 Å². The van der Waals surface area contributed by atoms with Gasteiger partial charge in [0.2, 0.25) is 0 Å². The number of pyridine rings is 1. The summed E-state index contributed by atoms with van der Waals surface area (Å²) in [7, 11) is 0. The summed E-state index contributed by atoms with van der Waals surface area (Å²) in [5.74, 6) is 1.83. The molecule has 5 rings (SSSR count). The van der Waals surface area contributed by atoms with Crippen LogP contribution in [0.2, 0.25) is 0 Å². The molecule has 0 aromatic carbocycles. The van der Waals surface area contributed by atoms with Crippen molar-refractivity contribution in [2.24, 2.45) is 0 Å². The molecule has 3 aromatic rings. The molecule has 1 N–H and O–H groups in total. The lowest BCUT2D eigenvalue weighted by Crippen LogP contribution is -2.37. The van der Waals surface area contributed by atoms with E-state index in [0.29, 0.717) is 0 Å². The first-order valence-corrected chi connectivity index (χ1v) is 12.0. The van der Waals surface area contributed by atoms with Gasteiger partial charge in [-0.05, 0) is 31.4 Å². The average Bonchev–Trinajstić information content (AvgIpc) is 3.49. The van der Waals surface area contributed by atoms with Gasteiger partial charge in [-0.15, -0.1) is 0 Å². The molecule has 0 bridgehead atoms. The topological polar surface area (TPSA) is 71.9 Å². The maximum atomic E-state index is 5.57. The Bertz CT molecular complexity index is 1030. The van der Waals surface area contributed by atoms with Gasteiger partial charge in [0.1, 0.15) is 5.82 Å². The Morgan fingerprint density at radius 2 is 1.91 bits per heavy atom. The van der Waals surface area contributed by atoms with Gasteiger partial charge in [0.15, 0.2) is 11.5 Å². The molecule has 1 saturated carbocycles. The number of nitrogens with zero attached hydrogens (tertiary/aromatic N) is 5. The molecule has 32 heavy (non-hydrogen) atoms. The van der Waals surface area contributed by atoms with Crippen molar-refractivity contribution in [2.75, 3.05) is 31.2 Å². The molecule has 1 aliphatic carbocycles. The van der Waals surface area contributed by atoms with Crippen LogP contribution >= 0.6 is 0 Å². The summed E-state index contributed by atoms with van der Waals surface area (Å²) in [6.45, 7) is 14.1. The molecule has 0 radical (unpaired) electrons. The monoisotopic (exact) mass is 436 g/mol. The van der Waals surface area contributed by atoms with E-state index in [0.717, 1.165) is 61.8 Å². The van der Waals surface area contributed by atoms with Crippen LogP contribution in [0.15, 0.2) is 36.7 Å². The van der Waals surface area contributed by atoms with Crippen molar-refractivity contribution < 1.29 is 4.74 Å². The average molecular weight is 437 g/mol. The fraction of sp³-hybridized carbons (Fsp3) is 0.560. The Balaban J connectivity index is 0.000000775. The Morgan fingerprint density at radius 1 is 1.19 bits per heavy atom. The fourth-order valence-electron chi connectivity index (χ4n) is 4.96. The lowest BCUT2D eigenvalue weighted by molar-refractivity contribution is 0.122. The van der Waals surface area contributed by atoms with Gasteiger partial charge < -0.3 is 9.64 Å². The van der Waals surface area contributed by atoms with Crippen LogP contribution in [-0.2, 0) is 10.2 Å². The molecule has 7 heteroatoms. The van der Waals surface area contributed by atoms with Gasteiger partial charge in [0, 0.05) is 30.0 Å². The predicted molar refractivity (Wildman–Crippen MR) is 130 cm³/mol. The van der Waals surface area contributed by atoms with Crippen molar-refractivity contribution in [2.45, 2.75) is 64.7 Å². The molecule has 4 heterocycles. The summed E-state index contributed by atoms with van der Waals surface area (Å²) in [4.78, 5) is 7.38. The zero-order valence-electron chi connectivity index (χ0n) is 19.7. The van der Waals surface area contributed by atoms with Gasteiger partial charge in [0.25, 0.3) is 0 Å². The van der Waals surface area contributed by atoms with Crippen molar-refractivity contribution in [3.05, 3.63) is 42.2 Å². The van der Waals surface area contributed by atoms with E-state index < -0.39 is 0 Å². The highest BCUT2D eigenvalue weighted by molar-refractivity contribution is 5.84. The zero-order valence-corrected chi connectivity index (χ0v) is 19.7. The van der Waals surface area contributed by atoms with E-state index in [2.05, 4.69) is 53.6 Å². The first kappa shape index (κ1) is 22.5. The summed E-state index contributed by atoms with van der Waals surface area (Å²) < 4.78 is 7.43. The van der Waals surface area contributed by atoms with E-state index in [-0.39, 0.29) is 5.41 Å². The minimum atomic E-state index is -0.0116. The Morgan fingerprint density at radius 3 is 2.53 bits per heavy atom. The highest BCUT2D eigenvalue weighted by atomic mass is 16.5. The van der Waals surface area contributed by atoms with Crippen LogP contribution in [0, 0.1) is 0 Å². The predicted octanol–water partition coefficient (Wildman–Crippen LogP) is 5.17. The van der Waals surface area contributed by atoms with E-state index in [1.807, 2.05) is 16.9 Å². The molecular formula is C25H36N6O. The van der Waals surface area contributed by atoms with Gasteiger partial charge in [-0.3, -0.25) is 5.10 Å². The van der Waals surface area contributed by atoms with Crippen molar-refractivity contribution in [3.63, 3.8) is 0 Å². The molecule has 0 spiro atoms. The van der Waals surface area contributed by atoms with Crippen LogP contribution in [0.5, 0.6) is 0 Å². The maximum Gasteiger partial charge on any atom is 0.167 e. The number of aromatic amines is 1. The molecule has 3 aromatic heterocycles. The van der Waals surface area contributed by atoms with Crippen LogP contribution in [0.3, 0.4) is 0 Å². The molecule has 7 nitrogen and oxygen atoms in total. The second kappa shape index (κ2) is 9.86. The second-order valence-corrected chi connectivity index (χ2v) is 8.99. The molecule has 1 saturated heterocycles. The number of ether oxygens (including phenoxy) is 1. The molecule has 172 valence electrons.